The molecule has 1 amide bonds. The van der Waals surface area contributed by atoms with Crippen molar-refractivity contribution in [2.75, 3.05) is 5.32 Å². The topological polar surface area (TPSA) is 102 Å². The molecule has 3 aromatic rings. The average molecular weight is 434 g/mol. The van der Waals surface area contributed by atoms with Gasteiger partial charge in [-0.2, -0.15) is 0 Å². The number of carbonyl (C=O) groups excluding carboxylic acids is 1. The summed E-state index contributed by atoms with van der Waals surface area (Å²) in [4.78, 5) is 16.7. The number of nitrogens with two attached hydrogens (primary N) is 1. The van der Waals surface area contributed by atoms with Crippen molar-refractivity contribution in [3.63, 3.8) is 0 Å². The lowest BCUT2D eigenvalue weighted by Gasteiger charge is -2.05. The van der Waals surface area contributed by atoms with E-state index >= 15 is 0 Å². The molecule has 0 aliphatic heterocycles. The molecule has 28 heavy (non-hydrogen) atoms. The van der Waals surface area contributed by atoms with Crippen molar-refractivity contribution in [1.29, 1.82) is 0 Å². The third-order valence-corrected chi connectivity index (χ3v) is 6.89. The summed E-state index contributed by atoms with van der Waals surface area (Å²) in [7, 11) is -3.75. The largest absolute Gasteiger partial charge is 0.326 e. The van der Waals surface area contributed by atoms with Crippen LogP contribution in [0.5, 0.6) is 0 Å². The molecule has 0 bridgehead atoms. The molecule has 0 aliphatic rings. The first kappa shape index (κ1) is 20.5. The van der Waals surface area contributed by atoms with E-state index in [9.17, 15) is 13.2 Å². The molecule has 0 atom stereocenters. The third kappa shape index (κ3) is 5.90. The molecular formula is C19H19N3O3S3. The highest BCUT2D eigenvalue weighted by Gasteiger charge is 2.11. The summed E-state index contributed by atoms with van der Waals surface area (Å²) in [5, 5.41) is 9.66. The molecule has 0 aliphatic carbocycles. The average Bonchev–Trinajstić information content (AvgIpc) is 3.08. The highest BCUT2D eigenvalue weighted by atomic mass is 32.2. The van der Waals surface area contributed by atoms with Crippen LogP contribution in [0.4, 0.5) is 5.69 Å². The molecular weight excluding hydrogens is 414 g/mol. The normalized spacial score (nSPS) is 11.4. The molecule has 1 heterocycles. The van der Waals surface area contributed by atoms with Gasteiger partial charge in [0.15, 0.2) is 0 Å². The van der Waals surface area contributed by atoms with E-state index in [0.717, 1.165) is 10.1 Å². The van der Waals surface area contributed by atoms with Crippen LogP contribution in [-0.2, 0) is 27.0 Å². The lowest BCUT2D eigenvalue weighted by Crippen LogP contribution is -2.15. The molecule has 1 aromatic heterocycles. The van der Waals surface area contributed by atoms with Crippen molar-refractivity contribution < 1.29 is 13.2 Å². The van der Waals surface area contributed by atoms with Gasteiger partial charge in [0.25, 0.3) is 0 Å². The number of hydrogen-bond donors (Lipinski definition) is 2. The highest BCUT2D eigenvalue weighted by Crippen LogP contribution is 2.26. The van der Waals surface area contributed by atoms with Gasteiger partial charge in [-0.1, -0.05) is 41.6 Å². The molecule has 3 rings (SSSR count). The fraction of sp³-hybridized carbons (Fsp3) is 0.158. The van der Waals surface area contributed by atoms with Crippen LogP contribution in [0.2, 0.25) is 0 Å². The summed E-state index contributed by atoms with van der Waals surface area (Å²) in [6.07, 6.45) is 0.151. The first-order valence-corrected chi connectivity index (χ1v) is 11.8. The zero-order chi connectivity index (χ0) is 20.1. The van der Waals surface area contributed by atoms with Crippen LogP contribution in [0.1, 0.15) is 16.8 Å². The Hall–Kier alpha value is -2.20. The molecule has 3 N–H and O–H groups in total. The third-order valence-electron chi connectivity index (χ3n) is 3.82. The lowest BCUT2D eigenvalue weighted by molar-refractivity contribution is -0.115. The minimum atomic E-state index is -3.75. The number of rotatable bonds is 7. The van der Waals surface area contributed by atoms with Gasteiger partial charge in [0, 0.05) is 16.8 Å². The van der Waals surface area contributed by atoms with Crippen LogP contribution < -0.4 is 10.5 Å². The zero-order valence-corrected chi connectivity index (χ0v) is 17.5. The number of aromatic nitrogens is 1. The number of aryl methyl sites for hydroxylation is 1. The molecule has 0 unspecified atom stereocenters. The number of thioether (sulfide) groups is 1. The summed E-state index contributed by atoms with van der Waals surface area (Å²) in [6, 6.07) is 14.1. The monoisotopic (exact) mass is 433 g/mol. The molecule has 6 nitrogen and oxygen atoms in total. The Morgan fingerprint density at radius 1 is 1.14 bits per heavy atom. The summed E-state index contributed by atoms with van der Waals surface area (Å²) in [5.74, 6) is 0.610. The Morgan fingerprint density at radius 3 is 2.46 bits per heavy atom. The van der Waals surface area contributed by atoms with Gasteiger partial charge in [-0.3, -0.25) is 4.79 Å². The van der Waals surface area contributed by atoms with E-state index in [1.807, 2.05) is 5.38 Å². The van der Waals surface area contributed by atoms with E-state index in [0.29, 0.717) is 11.4 Å². The lowest BCUT2D eigenvalue weighted by atomic mass is 10.2. The summed E-state index contributed by atoms with van der Waals surface area (Å²) < 4.78 is 23.4. The molecule has 146 valence electrons. The second kappa shape index (κ2) is 8.87. The van der Waals surface area contributed by atoms with Crippen LogP contribution in [0.15, 0.2) is 63.1 Å². The first-order valence-electron chi connectivity index (χ1n) is 8.35. The van der Waals surface area contributed by atoms with Crippen LogP contribution in [-0.4, -0.2) is 19.3 Å². The molecule has 0 saturated heterocycles. The van der Waals surface area contributed by atoms with Crippen LogP contribution >= 0.6 is 23.1 Å². The van der Waals surface area contributed by atoms with Gasteiger partial charge >= 0.3 is 0 Å². The second-order valence-electron chi connectivity index (χ2n) is 6.17. The highest BCUT2D eigenvalue weighted by molar-refractivity contribution is 8.00. The van der Waals surface area contributed by atoms with Gasteiger partial charge in [0.05, 0.1) is 17.0 Å². The maximum atomic E-state index is 12.2. The fourth-order valence-corrected chi connectivity index (χ4v) is 4.68. The van der Waals surface area contributed by atoms with Gasteiger partial charge in [-0.15, -0.1) is 11.3 Å². The van der Waals surface area contributed by atoms with E-state index < -0.39 is 10.0 Å². The number of hydrogen-bond acceptors (Lipinski definition) is 6. The predicted molar refractivity (Wildman–Crippen MR) is 113 cm³/mol. The van der Waals surface area contributed by atoms with Gasteiger partial charge in [-0.25, -0.2) is 18.5 Å². The van der Waals surface area contributed by atoms with Crippen molar-refractivity contribution >= 4 is 44.7 Å². The Labute approximate surface area is 172 Å². The maximum Gasteiger partial charge on any atom is 0.238 e. The standard InChI is InChI=1S/C19H19N3O3S3/c1-13-2-4-14(5-3-13)11-26-19-22-16(12-27-19)10-18(23)21-15-6-8-17(9-7-15)28(20,24)25/h2-9,12H,10-11H2,1H3,(H,21,23)(H2,20,24,25). The number of benzene rings is 2. The smallest absolute Gasteiger partial charge is 0.238 e. The number of primary sulfonamides is 1. The van der Waals surface area contributed by atoms with Gasteiger partial charge < -0.3 is 5.32 Å². The number of anilines is 1. The number of nitrogens with one attached hydrogen (secondary N) is 1. The molecule has 0 spiro atoms. The Bertz CT molecular complexity index is 1060. The molecule has 0 fully saturated rings. The number of sulfonamides is 1. The zero-order valence-electron chi connectivity index (χ0n) is 15.1. The number of thiazole rings is 1. The van der Waals surface area contributed by atoms with Crippen molar-refractivity contribution in [2.45, 2.75) is 28.3 Å². The molecule has 0 saturated carbocycles. The Balaban J connectivity index is 1.52. The van der Waals surface area contributed by atoms with Crippen molar-refractivity contribution in [3.8, 4) is 0 Å². The molecule has 9 heteroatoms. The van der Waals surface area contributed by atoms with Crippen LogP contribution in [0, 0.1) is 6.92 Å². The van der Waals surface area contributed by atoms with E-state index in [4.69, 9.17) is 5.14 Å². The van der Waals surface area contributed by atoms with Crippen LogP contribution in [0.25, 0.3) is 0 Å². The minimum absolute atomic E-state index is 0.000225. The quantitative estimate of drug-likeness (QED) is 0.555. The second-order valence-corrected chi connectivity index (χ2v) is 9.82. The predicted octanol–water partition coefficient (Wildman–Crippen LogP) is 3.57. The van der Waals surface area contributed by atoms with Gasteiger partial charge in [-0.05, 0) is 36.8 Å². The first-order chi connectivity index (χ1) is 13.3. The summed E-state index contributed by atoms with van der Waals surface area (Å²) in [5.41, 5.74) is 3.67. The number of nitrogens with zero attached hydrogens (tertiary/aromatic N) is 1. The van der Waals surface area contributed by atoms with Gasteiger partial charge in [0.2, 0.25) is 15.9 Å². The Morgan fingerprint density at radius 2 is 1.82 bits per heavy atom. The number of amides is 1. The van der Waals surface area contributed by atoms with E-state index in [1.54, 1.807) is 11.8 Å². The molecule has 2 aromatic carbocycles. The maximum absolute atomic E-state index is 12.2. The van der Waals surface area contributed by atoms with E-state index in [-0.39, 0.29) is 17.2 Å². The van der Waals surface area contributed by atoms with Crippen molar-refractivity contribution in [1.82, 2.24) is 4.98 Å². The fourth-order valence-electron chi connectivity index (χ4n) is 2.36. The van der Waals surface area contributed by atoms with Gasteiger partial charge in [0.1, 0.15) is 4.34 Å². The number of carbonyl (C=O) groups is 1. The van der Waals surface area contributed by atoms with E-state index in [1.165, 1.54) is 46.7 Å². The molecule has 0 radical (unpaired) electrons. The van der Waals surface area contributed by atoms with Crippen LogP contribution in [0.3, 0.4) is 0 Å². The summed E-state index contributed by atoms with van der Waals surface area (Å²) in [6.45, 7) is 2.06. The van der Waals surface area contributed by atoms with Crippen molar-refractivity contribution in [3.05, 3.63) is 70.7 Å². The SMILES string of the molecule is Cc1ccc(CSc2nc(CC(=O)Nc3ccc(S(N)(=O)=O)cc3)cs2)cc1. The van der Waals surface area contributed by atoms with E-state index in [2.05, 4.69) is 41.5 Å². The Kier molecular flexibility index (Phi) is 6.50. The van der Waals surface area contributed by atoms with Crippen molar-refractivity contribution in [2.24, 2.45) is 5.14 Å². The minimum Gasteiger partial charge on any atom is -0.326 e. The summed E-state index contributed by atoms with van der Waals surface area (Å²) >= 11 is 3.16.